The number of nitrogens with two attached hydrogens (primary N) is 1. The summed E-state index contributed by atoms with van der Waals surface area (Å²) in [5, 5.41) is 8.57. The van der Waals surface area contributed by atoms with Gasteiger partial charge in [0.1, 0.15) is 36.1 Å². The molecule has 0 aliphatic carbocycles. The summed E-state index contributed by atoms with van der Waals surface area (Å²) >= 11 is 0. The van der Waals surface area contributed by atoms with Crippen LogP contribution in [-0.4, -0.2) is 65.6 Å². The van der Waals surface area contributed by atoms with E-state index in [1.54, 1.807) is 39.1 Å². The topological polar surface area (TPSA) is 191 Å². The summed E-state index contributed by atoms with van der Waals surface area (Å²) in [7, 11) is 1.19. The van der Waals surface area contributed by atoms with E-state index in [1.165, 1.54) is 7.11 Å². The maximum Gasteiger partial charge on any atom is 0.408 e. The number of benzene rings is 3. The average molecular weight is 684 g/mol. The van der Waals surface area contributed by atoms with Gasteiger partial charge in [-0.2, -0.15) is 0 Å². The van der Waals surface area contributed by atoms with E-state index in [1.807, 2.05) is 54.6 Å². The first-order valence-corrected chi connectivity index (χ1v) is 16.2. The molecule has 3 aromatic carbocycles. The number of esters is 1. The number of hydrogen-bond donors (Lipinski definition) is 5. The van der Waals surface area contributed by atoms with Crippen LogP contribution in [0.1, 0.15) is 43.9 Å². The number of aromatic nitrogens is 1. The molecule has 13 nitrogen and oxygen atoms in total. The molecule has 262 valence electrons. The van der Waals surface area contributed by atoms with E-state index < -0.39 is 59.9 Å². The molecule has 1 aliphatic heterocycles. The number of carbonyl (C=O) groups is 5. The van der Waals surface area contributed by atoms with Crippen molar-refractivity contribution in [3.8, 4) is 16.9 Å². The highest BCUT2D eigenvalue weighted by molar-refractivity contribution is 5.99. The van der Waals surface area contributed by atoms with Gasteiger partial charge in [0, 0.05) is 35.6 Å². The van der Waals surface area contributed by atoms with E-state index in [-0.39, 0.29) is 12.8 Å². The van der Waals surface area contributed by atoms with E-state index in [0.717, 1.165) is 22.0 Å². The second-order valence-corrected chi connectivity index (χ2v) is 13.1. The molecular formula is C37H41N5O8. The molecule has 1 aromatic heterocycles. The number of rotatable bonds is 7. The summed E-state index contributed by atoms with van der Waals surface area (Å²) < 4.78 is 16.8. The number of methoxy groups -OCH3 is 1. The molecule has 50 heavy (non-hydrogen) atoms. The standard InChI is InChI=1S/C37H41N5O8/c1-37(2,3)50-36(47)42-27-16-22-13-14-30(49-20-21-9-6-5-7-10-21)26(15-22)25-12-8-11-24-23(19-39-32(24)25)17-29(35(46)48-4)41-34(45)28(18-31(38)43)40-33(27)44/h5-15,19,27-29,39H,16-18,20H2,1-4H3,(H2,38,43)(H,40,44)(H,41,45)(H,42,47)/t27-,28-,29-/m0/s1. The van der Waals surface area contributed by atoms with Crippen molar-refractivity contribution in [2.45, 2.75) is 70.4 Å². The first-order chi connectivity index (χ1) is 23.8. The van der Waals surface area contributed by atoms with E-state index in [0.29, 0.717) is 29.0 Å². The van der Waals surface area contributed by atoms with Gasteiger partial charge in [-0.1, -0.05) is 54.6 Å². The van der Waals surface area contributed by atoms with Crippen LogP contribution < -0.4 is 26.4 Å². The van der Waals surface area contributed by atoms with Crippen molar-refractivity contribution in [3.05, 3.63) is 89.6 Å². The molecule has 6 N–H and O–H groups in total. The summed E-state index contributed by atoms with van der Waals surface area (Å²) in [6.45, 7) is 5.35. The van der Waals surface area contributed by atoms with Crippen LogP contribution in [0.3, 0.4) is 0 Å². The molecule has 0 unspecified atom stereocenters. The third-order valence-electron chi connectivity index (χ3n) is 8.08. The highest BCUT2D eigenvalue weighted by Gasteiger charge is 2.33. The Kier molecular flexibility index (Phi) is 10.7. The van der Waals surface area contributed by atoms with Crippen LogP contribution in [0.15, 0.2) is 72.9 Å². The van der Waals surface area contributed by atoms with Gasteiger partial charge >= 0.3 is 12.1 Å². The number of carbonyl (C=O) groups excluding carboxylic acids is 5. The molecule has 2 heterocycles. The largest absolute Gasteiger partial charge is 0.488 e. The number of para-hydroxylation sites is 1. The number of nitrogens with one attached hydrogen (secondary N) is 4. The lowest BCUT2D eigenvalue weighted by Gasteiger charge is -2.26. The Balaban J connectivity index is 1.65. The van der Waals surface area contributed by atoms with Crippen LogP contribution >= 0.6 is 0 Å². The Bertz CT molecular complexity index is 1900. The summed E-state index contributed by atoms with van der Waals surface area (Å²) in [6.07, 6.45) is 0.323. The predicted molar refractivity (Wildman–Crippen MR) is 185 cm³/mol. The predicted octanol–water partition coefficient (Wildman–Crippen LogP) is 3.42. The fourth-order valence-electron chi connectivity index (χ4n) is 5.79. The van der Waals surface area contributed by atoms with E-state index in [4.69, 9.17) is 19.9 Å². The number of amides is 4. The lowest BCUT2D eigenvalue weighted by molar-refractivity contribution is -0.145. The third kappa shape index (κ3) is 8.78. The molecule has 4 aromatic rings. The lowest BCUT2D eigenvalue weighted by atomic mass is 9.95. The van der Waals surface area contributed by atoms with Gasteiger partial charge in [0.15, 0.2) is 0 Å². The molecule has 0 radical (unpaired) electrons. The zero-order chi connectivity index (χ0) is 36.0. The number of H-pyrrole nitrogens is 1. The number of aromatic amines is 1. The van der Waals surface area contributed by atoms with Crippen molar-refractivity contribution in [1.29, 1.82) is 0 Å². The van der Waals surface area contributed by atoms with Crippen LogP contribution in [-0.2, 0) is 48.1 Å². The first kappa shape index (κ1) is 35.5. The molecule has 5 rings (SSSR count). The third-order valence-corrected chi connectivity index (χ3v) is 8.08. The summed E-state index contributed by atoms with van der Waals surface area (Å²) in [5.74, 6) is -2.64. The van der Waals surface area contributed by atoms with E-state index in [9.17, 15) is 24.0 Å². The Hall–Kier alpha value is -5.85. The van der Waals surface area contributed by atoms with Crippen LogP contribution in [0.25, 0.3) is 22.0 Å². The average Bonchev–Trinajstić information content (AvgIpc) is 3.48. The summed E-state index contributed by atoms with van der Waals surface area (Å²) in [5.41, 5.74) is 9.17. The quantitative estimate of drug-likeness (QED) is 0.183. The minimum absolute atomic E-state index is 0.0271. The minimum Gasteiger partial charge on any atom is -0.488 e. The van der Waals surface area contributed by atoms with Crippen LogP contribution in [0.2, 0.25) is 0 Å². The van der Waals surface area contributed by atoms with Crippen molar-refractivity contribution in [2.24, 2.45) is 5.73 Å². The monoisotopic (exact) mass is 683 g/mol. The van der Waals surface area contributed by atoms with Crippen molar-refractivity contribution < 1.29 is 38.2 Å². The van der Waals surface area contributed by atoms with E-state index in [2.05, 4.69) is 20.9 Å². The van der Waals surface area contributed by atoms with Gasteiger partial charge in [-0.05, 0) is 49.6 Å². The van der Waals surface area contributed by atoms with E-state index >= 15 is 0 Å². The molecule has 0 saturated heterocycles. The number of alkyl carbamates (subject to hydrolysis) is 1. The second-order valence-electron chi connectivity index (χ2n) is 13.1. The number of ether oxygens (including phenoxy) is 3. The van der Waals surface area contributed by atoms with Crippen LogP contribution in [0.4, 0.5) is 4.79 Å². The van der Waals surface area contributed by atoms with Crippen molar-refractivity contribution >= 4 is 40.7 Å². The smallest absolute Gasteiger partial charge is 0.408 e. The normalized spacial score (nSPS) is 18.1. The van der Waals surface area contributed by atoms with Gasteiger partial charge in [0.2, 0.25) is 17.7 Å². The SMILES string of the molecule is COC(=O)[C@@H]1Cc2c[nH]c3c(cccc23)-c2cc(ccc2OCc2ccccc2)C[C@H](NC(=O)OC(C)(C)C)C(=O)N[C@@H](CC(N)=O)C(=O)N1. The molecular weight excluding hydrogens is 642 g/mol. The molecule has 3 atom stereocenters. The number of fused-ring (bicyclic) bond motifs is 3. The Morgan fingerprint density at radius 1 is 0.920 bits per heavy atom. The highest BCUT2D eigenvalue weighted by atomic mass is 16.6. The Morgan fingerprint density at radius 3 is 2.38 bits per heavy atom. The first-order valence-electron chi connectivity index (χ1n) is 16.2. The van der Waals surface area contributed by atoms with Gasteiger partial charge in [-0.25, -0.2) is 9.59 Å². The molecule has 13 heteroatoms. The van der Waals surface area contributed by atoms with Gasteiger partial charge in [0.25, 0.3) is 0 Å². The van der Waals surface area contributed by atoms with Crippen molar-refractivity contribution in [3.63, 3.8) is 0 Å². The highest BCUT2D eigenvalue weighted by Crippen LogP contribution is 2.37. The fourth-order valence-corrected chi connectivity index (χ4v) is 5.79. The lowest BCUT2D eigenvalue weighted by Crippen LogP contribution is -2.57. The Morgan fingerprint density at radius 2 is 1.68 bits per heavy atom. The maximum atomic E-state index is 13.8. The zero-order valence-corrected chi connectivity index (χ0v) is 28.3. The van der Waals surface area contributed by atoms with Gasteiger partial charge in [0.05, 0.1) is 19.0 Å². The zero-order valence-electron chi connectivity index (χ0n) is 28.3. The van der Waals surface area contributed by atoms with Gasteiger partial charge in [-0.15, -0.1) is 0 Å². The van der Waals surface area contributed by atoms with Crippen molar-refractivity contribution in [1.82, 2.24) is 20.9 Å². The van der Waals surface area contributed by atoms with Crippen LogP contribution in [0, 0.1) is 0 Å². The molecule has 0 fully saturated rings. The van der Waals surface area contributed by atoms with Crippen molar-refractivity contribution in [2.75, 3.05) is 7.11 Å². The Labute approximate surface area is 289 Å². The van der Waals surface area contributed by atoms with Gasteiger partial charge < -0.3 is 40.9 Å². The number of primary amides is 1. The summed E-state index contributed by atoms with van der Waals surface area (Å²) in [6, 6.07) is 17.0. The maximum absolute atomic E-state index is 13.8. The molecule has 1 aliphatic rings. The second kappa shape index (κ2) is 15.1. The van der Waals surface area contributed by atoms with Crippen LogP contribution in [0.5, 0.6) is 5.75 Å². The molecule has 6 bridgehead atoms. The minimum atomic E-state index is -1.47. The molecule has 4 amide bonds. The fraction of sp³-hybridized carbons (Fsp3) is 0.324. The molecule has 0 spiro atoms. The number of hydrogen-bond acceptors (Lipinski definition) is 8. The summed E-state index contributed by atoms with van der Waals surface area (Å²) in [4.78, 5) is 68.7. The van der Waals surface area contributed by atoms with Gasteiger partial charge in [-0.3, -0.25) is 14.4 Å². The molecule has 0 saturated carbocycles.